The van der Waals surface area contributed by atoms with Crippen LogP contribution in [0.5, 0.6) is 5.75 Å². The minimum Gasteiger partial charge on any atom is -0.484 e. The van der Waals surface area contributed by atoms with Crippen LogP contribution in [0.2, 0.25) is 0 Å². The Kier molecular flexibility index (Phi) is 7.59. The lowest BCUT2D eigenvalue weighted by Gasteiger charge is -2.13. The molecule has 1 unspecified atom stereocenters. The Morgan fingerprint density at radius 2 is 2.15 bits per heavy atom. The summed E-state index contributed by atoms with van der Waals surface area (Å²) in [7, 11) is 0. The predicted octanol–water partition coefficient (Wildman–Crippen LogP) is 2.58. The van der Waals surface area contributed by atoms with Crippen molar-refractivity contribution in [2.24, 2.45) is 0 Å². The summed E-state index contributed by atoms with van der Waals surface area (Å²) in [5.41, 5.74) is 0.573. The number of nitrogens with zero attached hydrogens (tertiary/aromatic N) is 1. The first-order chi connectivity index (χ1) is 9.65. The summed E-state index contributed by atoms with van der Waals surface area (Å²) >= 11 is 1.87. The molecular formula is C15H20N2O2S. The van der Waals surface area contributed by atoms with Crippen LogP contribution in [-0.2, 0) is 4.79 Å². The number of ether oxygens (including phenoxy) is 1. The maximum atomic E-state index is 11.7. The Hall–Kier alpha value is -1.67. The predicted molar refractivity (Wildman–Crippen MR) is 81.9 cm³/mol. The Morgan fingerprint density at radius 3 is 2.75 bits per heavy atom. The number of hydrogen-bond acceptors (Lipinski definition) is 4. The molecule has 0 spiro atoms. The fourth-order valence-electron chi connectivity index (χ4n) is 1.57. The molecular weight excluding hydrogens is 272 g/mol. The molecule has 0 heterocycles. The molecule has 1 aromatic rings. The van der Waals surface area contributed by atoms with Crippen LogP contribution < -0.4 is 10.1 Å². The maximum Gasteiger partial charge on any atom is 0.258 e. The molecule has 0 saturated heterocycles. The Bertz CT molecular complexity index is 454. The minimum absolute atomic E-state index is 0.00282. The lowest BCUT2D eigenvalue weighted by Crippen LogP contribution is -2.36. The molecule has 1 N–H and O–H groups in total. The second kappa shape index (κ2) is 9.27. The van der Waals surface area contributed by atoms with Gasteiger partial charge in [-0.25, -0.2) is 0 Å². The number of nitrogens with one attached hydrogen (secondary N) is 1. The monoisotopic (exact) mass is 292 g/mol. The summed E-state index contributed by atoms with van der Waals surface area (Å²) in [5, 5.41) is 11.6. The van der Waals surface area contributed by atoms with E-state index < -0.39 is 0 Å². The van der Waals surface area contributed by atoms with E-state index in [1.165, 1.54) is 0 Å². The van der Waals surface area contributed by atoms with Crippen molar-refractivity contribution in [3.05, 3.63) is 29.8 Å². The molecule has 0 bridgehead atoms. The molecule has 1 amide bonds. The van der Waals surface area contributed by atoms with E-state index in [4.69, 9.17) is 10.00 Å². The molecule has 1 rings (SSSR count). The van der Waals surface area contributed by atoms with Crippen LogP contribution in [0.1, 0.15) is 25.8 Å². The Balaban J connectivity index is 2.26. The van der Waals surface area contributed by atoms with Gasteiger partial charge in [0.1, 0.15) is 5.75 Å². The standard InChI is InChI=1S/C15H20N2O2S/c1-3-20-9-8-12(2)17-15(18)11-19-14-6-4-13(10-16)5-7-14/h4-7,12H,3,8-9,11H2,1-2H3,(H,17,18). The molecule has 108 valence electrons. The number of carbonyl (C=O) groups excluding carboxylic acids is 1. The minimum atomic E-state index is -0.122. The topological polar surface area (TPSA) is 62.1 Å². The number of benzene rings is 1. The average molecular weight is 292 g/mol. The highest BCUT2D eigenvalue weighted by Gasteiger charge is 2.07. The zero-order valence-electron chi connectivity index (χ0n) is 11.9. The van der Waals surface area contributed by atoms with E-state index in [-0.39, 0.29) is 18.6 Å². The van der Waals surface area contributed by atoms with Crippen molar-refractivity contribution in [2.45, 2.75) is 26.3 Å². The molecule has 0 saturated carbocycles. The highest BCUT2D eigenvalue weighted by atomic mass is 32.2. The summed E-state index contributed by atoms with van der Waals surface area (Å²) in [4.78, 5) is 11.7. The van der Waals surface area contributed by atoms with E-state index in [1.54, 1.807) is 24.3 Å². The normalized spacial score (nSPS) is 11.4. The van der Waals surface area contributed by atoms with Gasteiger partial charge in [-0.1, -0.05) is 6.92 Å². The number of carbonyl (C=O) groups is 1. The summed E-state index contributed by atoms with van der Waals surface area (Å²) in [5.74, 6) is 2.62. The summed E-state index contributed by atoms with van der Waals surface area (Å²) in [6.45, 7) is 4.12. The third-order valence-corrected chi connectivity index (χ3v) is 3.59. The van der Waals surface area contributed by atoms with Gasteiger partial charge >= 0.3 is 0 Å². The maximum absolute atomic E-state index is 11.7. The summed E-state index contributed by atoms with van der Waals surface area (Å²) in [6, 6.07) is 8.90. The van der Waals surface area contributed by atoms with Gasteiger partial charge in [0.2, 0.25) is 0 Å². The highest BCUT2D eigenvalue weighted by molar-refractivity contribution is 7.99. The van der Waals surface area contributed by atoms with Crippen LogP contribution in [0.4, 0.5) is 0 Å². The second-order valence-corrected chi connectivity index (χ2v) is 5.77. The van der Waals surface area contributed by atoms with Crippen molar-refractivity contribution in [1.82, 2.24) is 5.32 Å². The number of nitriles is 1. The Labute approximate surface area is 124 Å². The number of rotatable bonds is 8. The van der Waals surface area contributed by atoms with Crippen LogP contribution in [0.15, 0.2) is 24.3 Å². The quantitative estimate of drug-likeness (QED) is 0.748. The van der Waals surface area contributed by atoms with E-state index in [0.29, 0.717) is 11.3 Å². The summed E-state index contributed by atoms with van der Waals surface area (Å²) in [6.07, 6.45) is 0.959. The van der Waals surface area contributed by atoms with Crippen molar-refractivity contribution in [3.63, 3.8) is 0 Å². The molecule has 0 aromatic heterocycles. The van der Waals surface area contributed by atoms with E-state index in [0.717, 1.165) is 17.9 Å². The van der Waals surface area contributed by atoms with E-state index in [9.17, 15) is 4.79 Å². The van der Waals surface area contributed by atoms with Crippen molar-refractivity contribution in [1.29, 1.82) is 5.26 Å². The van der Waals surface area contributed by atoms with Crippen LogP contribution in [0, 0.1) is 11.3 Å². The third-order valence-electron chi connectivity index (χ3n) is 2.66. The zero-order valence-corrected chi connectivity index (χ0v) is 12.7. The number of hydrogen-bond donors (Lipinski definition) is 1. The van der Waals surface area contributed by atoms with Crippen LogP contribution in [-0.4, -0.2) is 30.1 Å². The molecule has 5 heteroatoms. The first-order valence-electron chi connectivity index (χ1n) is 6.65. The lowest BCUT2D eigenvalue weighted by molar-refractivity contribution is -0.123. The van der Waals surface area contributed by atoms with Gasteiger partial charge in [0.25, 0.3) is 5.91 Å². The fraction of sp³-hybridized carbons (Fsp3) is 0.467. The van der Waals surface area contributed by atoms with Crippen molar-refractivity contribution < 1.29 is 9.53 Å². The van der Waals surface area contributed by atoms with Crippen molar-refractivity contribution in [2.75, 3.05) is 18.1 Å². The van der Waals surface area contributed by atoms with Gasteiger partial charge in [-0.3, -0.25) is 4.79 Å². The average Bonchev–Trinajstić information content (AvgIpc) is 2.46. The van der Waals surface area contributed by atoms with Crippen molar-refractivity contribution >= 4 is 17.7 Å². The van der Waals surface area contributed by atoms with E-state index in [2.05, 4.69) is 12.2 Å². The van der Waals surface area contributed by atoms with Crippen molar-refractivity contribution in [3.8, 4) is 11.8 Å². The molecule has 0 aliphatic heterocycles. The lowest BCUT2D eigenvalue weighted by atomic mass is 10.2. The SMILES string of the molecule is CCSCCC(C)NC(=O)COc1ccc(C#N)cc1. The second-order valence-electron chi connectivity index (χ2n) is 4.38. The van der Waals surface area contributed by atoms with Gasteiger partial charge in [0, 0.05) is 6.04 Å². The van der Waals surface area contributed by atoms with Gasteiger partial charge in [-0.15, -0.1) is 0 Å². The smallest absolute Gasteiger partial charge is 0.258 e. The first-order valence-corrected chi connectivity index (χ1v) is 7.81. The van der Waals surface area contributed by atoms with Gasteiger partial charge in [0.15, 0.2) is 6.61 Å². The Morgan fingerprint density at radius 1 is 1.45 bits per heavy atom. The molecule has 1 atom stereocenters. The molecule has 4 nitrogen and oxygen atoms in total. The molecule has 0 radical (unpaired) electrons. The molecule has 0 aliphatic rings. The number of thioether (sulfide) groups is 1. The zero-order chi connectivity index (χ0) is 14.8. The van der Waals surface area contributed by atoms with Gasteiger partial charge in [-0.2, -0.15) is 17.0 Å². The highest BCUT2D eigenvalue weighted by Crippen LogP contribution is 2.11. The third kappa shape index (κ3) is 6.48. The van der Waals surface area contributed by atoms with Gasteiger partial charge in [0.05, 0.1) is 11.6 Å². The van der Waals surface area contributed by atoms with Gasteiger partial charge < -0.3 is 10.1 Å². The molecule has 0 aliphatic carbocycles. The summed E-state index contributed by atoms with van der Waals surface area (Å²) < 4.78 is 5.37. The molecule has 0 fully saturated rings. The molecule has 20 heavy (non-hydrogen) atoms. The van der Waals surface area contributed by atoms with Crippen LogP contribution in [0.25, 0.3) is 0 Å². The van der Waals surface area contributed by atoms with Crippen LogP contribution in [0.3, 0.4) is 0 Å². The van der Waals surface area contributed by atoms with Crippen LogP contribution >= 0.6 is 11.8 Å². The number of amides is 1. The largest absolute Gasteiger partial charge is 0.484 e. The van der Waals surface area contributed by atoms with E-state index >= 15 is 0 Å². The van der Waals surface area contributed by atoms with E-state index in [1.807, 2.05) is 24.8 Å². The van der Waals surface area contributed by atoms with Gasteiger partial charge in [-0.05, 0) is 49.1 Å². The first kappa shape index (κ1) is 16.4. The molecule has 1 aromatic carbocycles. The fourth-order valence-corrected chi connectivity index (χ4v) is 2.38.